The van der Waals surface area contributed by atoms with E-state index < -0.39 is 6.18 Å². The van der Waals surface area contributed by atoms with E-state index in [9.17, 15) is 13.2 Å². The highest BCUT2D eigenvalue weighted by Crippen LogP contribution is 2.36. The summed E-state index contributed by atoms with van der Waals surface area (Å²) >= 11 is 0. The summed E-state index contributed by atoms with van der Waals surface area (Å²) in [7, 11) is 0. The number of rotatable bonds is 5. The monoisotopic (exact) mass is 312 g/mol. The first-order chi connectivity index (χ1) is 10.5. The van der Waals surface area contributed by atoms with Crippen molar-refractivity contribution in [2.24, 2.45) is 5.92 Å². The Hall–Kier alpha value is -1.45. The van der Waals surface area contributed by atoms with Crippen LogP contribution in [-0.2, 0) is 11.3 Å². The van der Waals surface area contributed by atoms with Crippen molar-refractivity contribution in [1.29, 1.82) is 0 Å². The molecule has 0 unspecified atom stereocenters. The molecule has 0 radical (unpaired) electrons. The molecule has 1 aromatic rings. The quantitative estimate of drug-likeness (QED) is 0.609. The van der Waals surface area contributed by atoms with Gasteiger partial charge in [-0.1, -0.05) is 37.6 Å². The molecule has 0 amide bonds. The molecule has 0 spiro atoms. The highest BCUT2D eigenvalue weighted by Gasteiger charge is 2.22. The molecule has 1 aromatic carbocycles. The summed E-state index contributed by atoms with van der Waals surface area (Å²) < 4.78 is 40.7. The standard InChI is InChI=1S/C18H23F3O/c1-2-14-3-7-16(8-4-14)17-9-5-15(6-10-17)13-22-12-11-18(19,20)21/h5-6,9-12,14,16H,2-4,7-8,13H2,1H3/b12-11-. The number of alkyl halides is 3. The Morgan fingerprint density at radius 3 is 2.27 bits per heavy atom. The summed E-state index contributed by atoms with van der Waals surface area (Å²) in [6.07, 6.45) is 2.84. The molecule has 22 heavy (non-hydrogen) atoms. The predicted octanol–water partition coefficient (Wildman–Crippen LogP) is 5.96. The van der Waals surface area contributed by atoms with Crippen molar-refractivity contribution in [2.75, 3.05) is 0 Å². The largest absolute Gasteiger partial charge is 0.497 e. The van der Waals surface area contributed by atoms with Crippen LogP contribution in [0.4, 0.5) is 13.2 Å². The van der Waals surface area contributed by atoms with E-state index in [2.05, 4.69) is 19.1 Å². The number of hydrogen-bond acceptors (Lipinski definition) is 1. The van der Waals surface area contributed by atoms with E-state index in [1.807, 2.05) is 12.1 Å². The van der Waals surface area contributed by atoms with E-state index >= 15 is 0 Å². The first kappa shape index (κ1) is 16.9. The fourth-order valence-corrected chi connectivity index (χ4v) is 3.06. The molecule has 0 heterocycles. The molecule has 0 N–H and O–H groups in total. The van der Waals surface area contributed by atoms with Gasteiger partial charge in [-0.2, -0.15) is 13.2 Å². The number of halogens is 3. The van der Waals surface area contributed by atoms with Gasteiger partial charge in [-0.25, -0.2) is 0 Å². The van der Waals surface area contributed by atoms with Gasteiger partial charge in [-0.15, -0.1) is 0 Å². The lowest BCUT2D eigenvalue weighted by atomic mass is 9.78. The normalized spacial score (nSPS) is 22.9. The van der Waals surface area contributed by atoms with E-state index in [4.69, 9.17) is 4.74 Å². The van der Waals surface area contributed by atoms with Crippen LogP contribution in [0.3, 0.4) is 0 Å². The summed E-state index contributed by atoms with van der Waals surface area (Å²) in [6.45, 7) is 2.42. The van der Waals surface area contributed by atoms with Crippen LogP contribution in [0.2, 0.25) is 0 Å². The van der Waals surface area contributed by atoms with E-state index in [0.29, 0.717) is 12.2 Å². The fourth-order valence-electron chi connectivity index (χ4n) is 3.06. The van der Waals surface area contributed by atoms with Gasteiger partial charge >= 0.3 is 6.18 Å². The Bertz CT molecular complexity index is 468. The Morgan fingerprint density at radius 2 is 1.73 bits per heavy atom. The van der Waals surface area contributed by atoms with Crippen LogP contribution in [0, 0.1) is 5.92 Å². The Balaban J connectivity index is 1.82. The van der Waals surface area contributed by atoms with E-state index in [-0.39, 0.29) is 12.7 Å². The van der Waals surface area contributed by atoms with Crippen LogP contribution in [0.15, 0.2) is 36.6 Å². The molecular formula is C18H23F3O. The minimum atomic E-state index is -4.32. The number of hydrogen-bond donors (Lipinski definition) is 0. The third kappa shape index (κ3) is 5.39. The molecular weight excluding hydrogens is 289 g/mol. The molecule has 1 saturated carbocycles. The second kappa shape index (κ2) is 7.70. The van der Waals surface area contributed by atoms with E-state index in [0.717, 1.165) is 11.5 Å². The van der Waals surface area contributed by atoms with Crippen molar-refractivity contribution < 1.29 is 17.9 Å². The smallest absolute Gasteiger partial charge is 0.412 e. The fraction of sp³-hybridized carbons (Fsp3) is 0.556. The SMILES string of the molecule is CCC1CCC(c2ccc(CO/C=C\C(F)(F)F)cc2)CC1. The maximum atomic E-state index is 11.9. The summed E-state index contributed by atoms with van der Waals surface area (Å²) in [5.74, 6) is 1.51. The summed E-state index contributed by atoms with van der Waals surface area (Å²) in [5, 5.41) is 0. The van der Waals surface area contributed by atoms with Crippen LogP contribution in [0.5, 0.6) is 0 Å². The first-order valence-corrected chi connectivity index (χ1v) is 7.93. The highest BCUT2D eigenvalue weighted by molar-refractivity contribution is 5.25. The van der Waals surface area contributed by atoms with E-state index in [1.165, 1.54) is 37.7 Å². The van der Waals surface area contributed by atoms with Crippen LogP contribution in [-0.4, -0.2) is 6.18 Å². The topological polar surface area (TPSA) is 9.23 Å². The Labute approximate surface area is 130 Å². The van der Waals surface area contributed by atoms with Gasteiger partial charge in [0.2, 0.25) is 0 Å². The minimum absolute atomic E-state index is 0.105. The highest BCUT2D eigenvalue weighted by atomic mass is 19.4. The first-order valence-electron chi connectivity index (χ1n) is 7.93. The summed E-state index contributed by atoms with van der Waals surface area (Å²) in [5.41, 5.74) is 2.22. The van der Waals surface area contributed by atoms with Crippen molar-refractivity contribution in [2.45, 2.75) is 57.7 Å². The molecule has 1 nitrogen and oxygen atoms in total. The lowest BCUT2D eigenvalue weighted by molar-refractivity contribution is -0.0817. The van der Waals surface area contributed by atoms with Gasteiger partial charge < -0.3 is 4.74 Å². The van der Waals surface area contributed by atoms with Crippen LogP contribution < -0.4 is 0 Å². The van der Waals surface area contributed by atoms with Crippen LogP contribution in [0.1, 0.15) is 56.1 Å². The van der Waals surface area contributed by atoms with Crippen molar-refractivity contribution >= 4 is 0 Å². The molecule has 0 aliphatic heterocycles. The van der Waals surface area contributed by atoms with Crippen molar-refractivity contribution in [3.63, 3.8) is 0 Å². The van der Waals surface area contributed by atoms with Gasteiger partial charge in [0.05, 0.1) is 12.3 Å². The Morgan fingerprint density at radius 1 is 1.09 bits per heavy atom. The zero-order valence-corrected chi connectivity index (χ0v) is 12.9. The molecule has 1 aliphatic rings. The number of allylic oxidation sites excluding steroid dienone is 1. The average Bonchev–Trinajstić information content (AvgIpc) is 2.51. The predicted molar refractivity (Wildman–Crippen MR) is 81.4 cm³/mol. The van der Waals surface area contributed by atoms with Gasteiger partial charge in [0, 0.05) is 0 Å². The van der Waals surface area contributed by atoms with Crippen molar-refractivity contribution in [3.8, 4) is 0 Å². The van der Waals surface area contributed by atoms with Gasteiger partial charge in [0.15, 0.2) is 0 Å². The second-order valence-corrected chi connectivity index (χ2v) is 6.02. The third-order valence-corrected chi connectivity index (χ3v) is 4.48. The molecule has 0 saturated heterocycles. The van der Waals surface area contributed by atoms with Crippen molar-refractivity contribution in [1.82, 2.24) is 0 Å². The van der Waals surface area contributed by atoms with Gasteiger partial charge in [0.1, 0.15) is 6.61 Å². The molecule has 0 bridgehead atoms. The number of benzene rings is 1. The maximum Gasteiger partial charge on any atom is 0.412 e. The zero-order valence-electron chi connectivity index (χ0n) is 12.9. The molecule has 0 aromatic heterocycles. The van der Waals surface area contributed by atoms with Gasteiger partial charge in [-0.05, 0) is 48.6 Å². The third-order valence-electron chi connectivity index (χ3n) is 4.48. The molecule has 1 aliphatic carbocycles. The number of ether oxygens (including phenoxy) is 1. The minimum Gasteiger partial charge on any atom is -0.497 e. The van der Waals surface area contributed by atoms with Crippen LogP contribution >= 0.6 is 0 Å². The van der Waals surface area contributed by atoms with Gasteiger partial charge in [-0.3, -0.25) is 0 Å². The van der Waals surface area contributed by atoms with Crippen molar-refractivity contribution in [3.05, 3.63) is 47.7 Å². The average molecular weight is 312 g/mol. The molecule has 4 heteroatoms. The molecule has 122 valence electrons. The lowest BCUT2D eigenvalue weighted by Gasteiger charge is -2.28. The molecule has 1 fully saturated rings. The lowest BCUT2D eigenvalue weighted by Crippen LogP contribution is -2.12. The maximum absolute atomic E-state index is 11.9. The van der Waals surface area contributed by atoms with Crippen LogP contribution in [0.25, 0.3) is 0 Å². The zero-order chi connectivity index (χ0) is 16.0. The molecule has 2 rings (SSSR count). The summed E-state index contributed by atoms with van der Waals surface area (Å²) in [6, 6.07) is 8.07. The summed E-state index contributed by atoms with van der Waals surface area (Å²) in [4.78, 5) is 0. The second-order valence-electron chi connectivity index (χ2n) is 6.02. The van der Waals surface area contributed by atoms with E-state index in [1.54, 1.807) is 0 Å². The Kier molecular flexibility index (Phi) is 5.92. The molecule has 0 atom stereocenters. The van der Waals surface area contributed by atoms with Gasteiger partial charge in [0.25, 0.3) is 0 Å².